The zero-order chi connectivity index (χ0) is 14.1. The Hall–Kier alpha value is -2.56. The van der Waals surface area contributed by atoms with Gasteiger partial charge in [-0.25, -0.2) is 0 Å². The minimum Gasteiger partial charge on any atom is -0.359 e. The number of hydrogen-bond acceptors (Lipinski definition) is 2. The Bertz CT molecular complexity index is 769. The summed E-state index contributed by atoms with van der Waals surface area (Å²) in [6.07, 6.45) is 3.27. The molecule has 102 valence electrons. The number of carbonyl (C=O) groups excluding carboxylic acids is 1. The molecule has 0 aliphatic carbocycles. The highest BCUT2D eigenvalue weighted by atomic mass is 16.1. The number of aryl methyl sites for hydroxylation is 2. The summed E-state index contributed by atoms with van der Waals surface area (Å²) in [7, 11) is 1.79. The molecule has 1 aromatic carbocycles. The number of carbonyl (C=O) groups is 1. The number of nitrogens with zero attached hydrogens (tertiary/aromatic N) is 2. The molecule has 0 saturated carbocycles. The second kappa shape index (κ2) is 4.85. The van der Waals surface area contributed by atoms with Crippen molar-refractivity contribution in [1.29, 1.82) is 0 Å². The molecule has 20 heavy (non-hydrogen) atoms. The molecule has 0 saturated heterocycles. The summed E-state index contributed by atoms with van der Waals surface area (Å²) in [4.78, 5) is 15.2. The Morgan fingerprint density at radius 1 is 1.40 bits per heavy atom. The Kier molecular flexibility index (Phi) is 3.02. The average molecular weight is 268 g/mol. The van der Waals surface area contributed by atoms with Crippen molar-refractivity contribution < 1.29 is 4.79 Å². The smallest absolute Gasteiger partial charge is 0.254 e. The number of nitrogens with one attached hydrogen (secondary N) is 2. The van der Waals surface area contributed by atoms with E-state index in [2.05, 4.69) is 27.5 Å². The van der Waals surface area contributed by atoms with Crippen LogP contribution in [0, 0.1) is 6.92 Å². The molecular formula is C15H16N4O. The van der Waals surface area contributed by atoms with E-state index in [1.54, 1.807) is 24.1 Å². The molecule has 3 rings (SSSR count). The summed E-state index contributed by atoms with van der Waals surface area (Å²) in [5.41, 5.74) is 3.90. The number of aromatic amines is 1. The third-order valence-electron chi connectivity index (χ3n) is 3.24. The van der Waals surface area contributed by atoms with Gasteiger partial charge < -0.3 is 10.3 Å². The molecule has 2 aromatic heterocycles. The molecule has 5 nitrogen and oxygen atoms in total. The van der Waals surface area contributed by atoms with Crippen molar-refractivity contribution in [3.63, 3.8) is 0 Å². The van der Waals surface area contributed by atoms with Crippen LogP contribution in [0.5, 0.6) is 0 Å². The second-order valence-electron chi connectivity index (χ2n) is 4.96. The number of benzene rings is 1. The zero-order valence-corrected chi connectivity index (χ0v) is 11.5. The van der Waals surface area contributed by atoms with E-state index in [9.17, 15) is 4.79 Å². The summed E-state index contributed by atoms with van der Waals surface area (Å²) < 4.78 is 1.61. The van der Waals surface area contributed by atoms with Crippen LogP contribution in [-0.2, 0) is 13.6 Å². The number of amides is 1. The van der Waals surface area contributed by atoms with Gasteiger partial charge in [0.2, 0.25) is 0 Å². The molecule has 0 aliphatic rings. The van der Waals surface area contributed by atoms with Crippen molar-refractivity contribution in [3.05, 3.63) is 53.5 Å². The van der Waals surface area contributed by atoms with E-state index in [1.165, 1.54) is 0 Å². The number of hydrogen-bond donors (Lipinski definition) is 2. The summed E-state index contributed by atoms with van der Waals surface area (Å²) in [5, 5.41) is 8.05. The second-order valence-corrected chi connectivity index (χ2v) is 4.96. The van der Waals surface area contributed by atoms with Gasteiger partial charge in [-0.2, -0.15) is 5.10 Å². The van der Waals surface area contributed by atoms with Gasteiger partial charge in [-0.05, 0) is 36.1 Å². The van der Waals surface area contributed by atoms with Gasteiger partial charge in [0.05, 0.1) is 11.8 Å². The molecule has 0 atom stereocenters. The van der Waals surface area contributed by atoms with Crippen LogP contribution in [0.1, 0.15) is 21.6 Å². The van der Waals surface area contributed by atoms with E-state index in [4.69, 9.17) is 0 Å². The van der Waals surface area contributed by atoms with Crippen LogP contribution in [0.15, 0.2) is 36.7 Å². The Morgan fingerprint density at radius 2 is 2.25 bits per heavy atom. The van der Waals surface area contributed by atoms with Crippen LogP contribution < -0.4 is 5.32 Å². The van der Waals surface area contributed by atoms with E-state index in [-0.39, 0.29) is 5.91 Å². The minimum absolute atomic E-state index is 0.108. The molecular weight excluding hydrogens is 252 g/mol. The van der Waals surface area contributed by atoms with Crippen LogP contribution in [0.3, 0.4) is 0 Å². The molecule has 2 N–H and O–H groups in total. The monoisotopic (exact) mass is 268 g/mol. The summed E-state index contributed by atoms with van der Waals surface area (Å²) in [6, 6.07) is 8.24. The lowest BCUT2D eigenvalue weighted by Gasteiger charge is -2.04. The van der Waals surface area contributed by atoms with Crippen molar-refractivity contribution >= 4 is 16.8 Å². The van der Waals surface area contributed by atoms with Gasteiger partial charge in [0.25, 0.3) is 5.91 Å². The fourth-order valence-corrected chi connectivity index (χ4v) is 2.26. The third-order valence-corrected chi connectivity index (χ3v) is 3.24. The number of fused-ring (bicyclic) bond motifs is 1. The molecule has 0 unspecified atom stereocenters. The van der Waals surface area contributed by atoms with Crippen LogP contribution in [0.4, 0.5) is 0 Å². The summed E-state index contributed by atoms with van der Waals surface area (Å²) in [6.45, 7) is 2.54. The van der Waals surface area contributed by atoms with E-state index >= 15 is 0 Å². The maximum atomic E-state index is 11.9. The van der Waals surface area contributed by atoms with Crippen LogP contribution in [0.2, 0.25) is 0 Å². The summed E-state index contributed by atoms with van der Waals surface area (Å²) >= 11 is 0. The Balaban J connectivity index is 1.71. The highest BCUT2D eigenvalue weighted by Gasteiger charge is 2.07. The van der Waals surface area contributed by atoms with Crippen LogP contribution in [-0.4, -0.2) is 20.7 Å². The fourth-order valence-electron chi connectivity index (χ4n) is 2.26. The Labute approximate surface area is 116 Å². The lowest BCUT2D eigenvalue weighted by molar-refractivity contribution is 0.0951. The molecule has 0 spiro atoms. The molecule has 2 heterocycles. The molecule has 1 amide bonds. The predicted octanol–water partition coefficient (Wildman–Crippen LogP) is 2.14. The van der Waals surface area contributed by atoms with Crippen LogP contribution in [0.25, 0.3) is 10.9 Å². The molecule has 3 aromatic rings. The van der Waals surface area contributed by atoms with Crippen molar-refractivity contribution in [2.75, 3.05) is 0 Å². The van der Waals surface area contributed by atoms with Crippen molar-refractivity contribution in [2.24, 2.45) is 7.05 Å². The largest absolute Gasteiger partial charge is 0.359 e. The van der Waals surface area contributed by atoms with Gasteiger partial charge in [0.1, 0.15) is 0 Å². The topological polar surface area (TPSA) is 62.7 Å². The first-order chi connectivity index (χ1) is 9.61. The van der Waals surface area contributed by atoms with Crippen molar-refractivity contribution in [2.45, 2.75) is 13.5 Å². The van der Waals surface area contributed by atoms with E-state index in [1.807, 2.05) is 19.1 Å². The SMILES string of the molecule is Cc1cc2cc(CNC(=O)c3cnn(C)c3)ccc2[nH]1. The fraction of sp³-hybridized carbons (Fsp3) is 0.200. The quantitative estimate of drug-likeness (QED) is 0.764. The summed E-state index contributed by atoms with van der Waals surface area (Å²) in [5.74, 6) is -0.108. The number of rotatable bonds is 3. The number of aromatic nitrogens is 3. The van der Waals surface area contributed by atoms with Gasteiger partial charge in [-0.15, -0.1) is 0 Å². The van der Waals surface area contributed by atoms with E-state index in [0.717, 1.165) is 22.2 Å². The molecule has 5 heteroatoms. The average Bonchev–Trinajstić information content (AvgIpc) is 3.00. The lowest BCUT2D eigenvalue weighted by Crippen LogP contribution is -2.22. The third kappa shape index (κ3) is 2.42. The maximum Gasteiger partial charge on any atom is 0.254 e. The molecule has 0 radical (unpaired) electrons. The highest BCUT2D eigenvalue weighted by Crippen LogP contribution is 2.16. The zero-order valence-electron chi connectivity index (χ0n) is 11.5. The normalized spacial score (nSPS) is 10.9. The molecule has 0 aliphatic heterocycles. The first-order valence-electron chi connectivity index (χ1n) is 6.47. The molecule has 0 fully saturated rings. The van der Waals surface area contributed by atoms with Gasteiger partial charge in [0, 0.05) is 31.0 Å². The highest BCUT2D eigenvalue weighted by molar-refractivity contribution is 5.93. The first-order valence-corrected chi connectivity index (χ1v) is 6.47. The van der Waals surface area contributed by atoms with Crippen molar-refractivity contribution in [1.82, 2.24) is 20.1 Å². The standard InChI is InChI=1S/C15H16N4O/c1-10-5-12-6-11(3-4-14(12)18-10)7-16-15(20)13-8-17-19(2)9-13/h3-6,8-9,18H,7H2,1-2H3,(H,16,20). The van der Waals surface area contributed by atoms with Gasteiger partial charge in [-0.1, -0.05) is 6.07 Å². The van der Waals surface area contributed by atoms with E-state index in [0.29, 0.717) is 12.1 Å². The van der Waals surface area contributed by atoms with Gasteiger partial charge in [-0.3, -0.25) is 9.48 Å². The minimum atomic E-state index is -0.108. The number of H-pyrrole nitrogens is 1. The van der Waals surface area contributed by atoms with Gasteiger partial charge >= 0.3 is 0 Å². The van der Waals surface area contributed by atoms with Crippen LogP contribution >= 0.6 is 0 Å². The van der Waals surface area contributed by atoms with E-state index < -0.39 is 0 Å². The lowest BCUT2D eigenvalue weighted by atomic mass is 10.1. The predicted molar refractivity (Wildman–Crippen MR) is 77.4 cm³/mol. The van der Waals surface area contributed by atoms with Crippen molar-refractivity contribution in [3.8, 4) is 0 Å². The Morgan fingerprint density at radius 3 is 3.00 bits per heavy atom. The maximum absolute atomic E-state index is 11.9. The molecule has 0 bridgehead atoms. The first kappa shape index (κ1) is 12.5. The van der Waals surface area contributed by atoms with Gasteiger partial charge in [0.15, 0.2) is 0 Å².